The fourth-order valence-corrected chi connectivity index (χ4v) is 2.26. The largest absolute Gasteiger partial charge is 0.322 e. The topological polar surface area (TPSA) is 42.0 Å². The van der Waals surface area contributed by atoms with E-state index in [0.29, 0.717) is 16.3 Å². The molecular formula is C16H11ClN2O. The van der Waals surface area contributed by atoms with Gasteiger partial charge in [0, 0.05) is 27.9 Å². The zero-order chi connectivity index (χ0) is 13.9. The van der Waals surface area contributed by atoms with Crippen molar-refractivity contribution >= 4 is 34.1 Å². The molecule has 2 aromatic carbocycles. The summed E-state index contributed by atoms with van der Waals surface area (Å²) in [5.41, 5.74) is 2.06. The van der Waals surface area contributed by atoms with E-state index in [0.717, 1.165) is 10.9 Å². The van der Waals surface area contributed by atoms with Crippen LogP contribution in [-0.4, -0.2) is 10.9 Å². The van der Waals surface area contributed by atoms with Crippen molar-refractivity contribution in [1.82, 2.24) is 4.98 Å². The molecule has 1 amide bonds. The molecule has 3 aromatic rings. The van der Waals surface area contributed by atoms with E-state index in [1.807, 2.05) is 24.3 Å². The second-order valence-corrected chi connectivity index (χ2v) is 4.78. The monoisotopic (exact) mass is 282 g/mol. The van der Waals surface area contributed by atoms with Crippen molar-refractivity contribution < 1.29 is 4.79 Å². The molecule has 0 spiro atoms. The van der Waals surface area contributed by atoms with Crippen LogP contribution in [0.4, 0.5) is 5.69 Å². The van der Waals surface area contributed by atoms with Gasteiger partial charge >= 0.3 is 0 Å². The van der Waals surface area contributed by atoms with Crippen molar-refractivity contribution in [1.29, 1.82) is 0 Å². The molecule has 0 saturated carbocycles. The number of nitrogens with one attached hydrogen (secondary N) is 1. The Bertz CT molecular complexity index is 781. The fraction of sp³-hybridized carbons (Fsp3) is 0. The third kappa shape index (κ3) is 2.49. The highest BCUT2D eigenvalue weighted by Gasteiger charge is 2.10. The van der Waals surface area contributed by atoms with Crippen LogP contribution in [0, 0.1) is 0 Å². The third-order valence-electron chi connectivity index (χ3n) is 2.97. The highest BCUT2D eigenvalue weighted by Crippen LogP contribution is 2.19. The van der Waals surface area contributed by atoms with E-state index in [9.17, 15) is 4.79 Å². The first-order chi connectivity index (χ1) is 9.74. The summed E-state index contributed by atoms with van der Waals surface area (Å²) in [6.45, 7) is 0. The van der Waals surface area contributed by atoms with Crippen LogP contribution in [0.2, 0.25) is 5.02 Å². The number of halogens is 1. The number of carbonyl (C=O) groups excluding carboxylic acids is 1. The molecule has 0 fully saturated rings. The standard InChI is InChI=1S/C16H11ClN2O/c17-11-4-1-5-12(10-11)19-16(20)14-6-2-8-15-13(14)7-3-9-18-15/h1-10H,(H,19,20). The summed E-state index contributed by atoms with van der Waals surface area (Å²) in [6.07, 6.45) is 1.71. The van der Waals surface area contributed by atoms with Gasteiger partial charge < -0.3 is 5.32 Å². The lowest BCUT2D eigenvalue weighted by atomic mass is 10.1. The zero-order valence-electron chi connectivity index (χ0n) is 10.5. The van der Waals surface area contributed by atoms with Crippen molar-refractivity contribution in [3.63, 3.8) is 0 Å². The Morgan fingerprint density at radius 1 is 1.05 bits per heavy atom. The molecule has 1 aromatic heterocycles. The Balaban J connectivity index is 1.97. The quantitative estimate of drug-likeness (QED) is 0.767. The van der Waals surface area contributed by atoms with E-state index in [1.165, 1.54) is 0 Å². The van der Waals surface area contributed by atoms with Gasteiger partial charge in [-0.15, -0.1) is 0 Å². The van der Waals surface area contributed by atoms with E-state index < -0.39 is 0 Å². The molecule has 1 heterocycles. The summed E-state index contributed by atoms with van der Waals surface area (Å²) in [4.78, 5) is 16.6. The lowest BCUT2D eigenvalue weighted by Crippen LogP contribution is -2.12. The van der Waals surface area contributed by atoms with E-state index in [2.05, 4.69) is 10.3 Å². The van der Waals surface area contributed by atoms with Crippen molar-refractivity contribution in [2.45, 2.75) is 0 Å². The van der Waals surface area contributed by atoms with E-state index in [1.54, 1.807) is 36.5 Å². The molecule has 20 heavy (non-hydrogen) atoms. The average molecular weight is 283 g/mol. The maximum Gasteiger partial charge on any atom is 0.256 e. The zero-order valence-corrected chi connectivity index (χ0v) is 11.3. The molecule has 3 nitrogen and oxygen atoms in total. The maximum atomic E-state index is 12.4. The van der Waals surface area contributed by atoms with Crippen LogP contribution in [0.5, 0.6) is 0 Å². The number of nitrogens with zero attached hydrogens (tertiary/aromatic N) is 1. The number of aromatic nitrogens is 1. The second-order valence-electron chi connectivity index (χ2n) is 4.34. The predicted molar refractivity (Wildman–Crippen MR) is 81.1 cm³/mol. The summed E-state index contributed by atoms with van der Waals surface area (Å²) in [6, 6.07) is 16.3. The molecule has 0 radical (unpaired) electrons. The number of benzene rings is 2. The fourth-order valence-electron chi connectivity index (χ4n) is 2.07. The average Bonchev–Trinajstić information content (AvgIpc) is 2.46. The minimum absolute atomic E-state index is 0.175. The number of hydrogen-bond donors (Lipinski definition) is 1. The van der Waals surface area contributed by atoms with Crippen molar-refractivity contribution in [3.8, 4) is 0 Å². The molecule has 0 aliphatic carbocycles. The summed E-state index contributed by atoms with van der Waals surface area (Å²) in [5.74, 6) is -0.175. The molecule has 0 bridgehead atoms. The molecular weight excluding hydrogens is 272 g/mol. The smallest absolute Gasteiger partial charge is 0.256 e. The summed E-state index contributed by atoms with van der Waals surface area (Å²) in [5, 5.41) is 4.25. The first kappa shape index (κ1) is 12.6. The molecule has 0 aliphatic heterocycles. The molecule has 0 aliphatic rings. The first-order valence-electron chi connectivity index (χ1n) is 6.15. The van der Waals surface area contributed by atoms with Crippen LogP contribution in [0.3, 0.4) is 0 Å². The summed E-state index contributed by atoms with van der Waals surface area (Å²) in [7, 11) is 0. The molecule has 3 rings (SSSR count). The molecule has 0 atom stereocenters. The van der Waals surface area contributed by atoms with Gasteiger partial charge in [0.2, 0.25) is 0 Å². The van der Waals surface area contributed by atoms with Gasteiger partial charge in [-0.1, -0.05) is 29.8 Å². The molecule has 4 heteroatoms. The molecule has 1 N–H and O–H groups in total. The van der Waals surface area contributed by atoms with Crippen molar-refractivity contribution in [3.05, 3.63) is 71.4 Å². The number of fused-ring (bicyclic) bond motifs is 1. The minimum atomic E-state index is -0.175. The Morgan fingerprint density at radius 3 is 2.75 bits per heavy atom. The van der Waals surface area contributed by atoms with Crippen LogP contribution in [0.1, 0.15) is 10.4 Å². The Labute approximate surface area is 121 Å². The number of pyridine rings is 1. The van der Waals surface area contributed by atoms with E-state index in [4.69, 9.17) is 11.6 Å². The van der Waals surface area contributed by atoms with Gasteiger partial charge in [0.15, 0.2) is 0 Å². The van der Waals surface area contributed by atoms with Crippen LogP contribution in [0.15, 0.2) is 60.8 Å². The summed E-state index contributed by atoms with van der Waals surface area (Å²) < 4.78 is 0. The highest BCUT2D eigenvalue weighted by molar-refractivity contribution is 6.31. The molecule has 0 unspecified atom stereocenters. The maximum absolute atomic E-state index is 12.4. The highest BCUT2D eigenvalue weighted by atomic mass is 35.5. The number of hydrogen-bond acceptors (Lipinski definition) is 2. The van der Waals surface area contributed by atoms with Gasteiger partial charge in [-0.3, -0.25) is 9.78 Å². The summed E-state index contributed by atoms with van der Waals surface area (Å²) >= 11 is 5.91. The van der Waals surface area contributed by atoms with Crippen molar-refractivity contribution in [2.75, 3.05) is 5.32 Å². The number of rotatable bonds is 2. The van der Waals surface area contributed by atoms with Crippen molar-refractivity contribution in [2.24, 2.45) is 0 Å². The van der Waals surface area contributed by atoms with Gasteiger partial charge in [-0.05, 0) is 36.4 Å². The Kier molecular flexibility index (Phi) is 3.35. The number of amides is 1. The lowest BCUT2D eigenvalue weighted by Gasteiger charge is -2.08. The predicted octanol–water partition coefficient (Wildman–Crippen LogP) is 4.14. The van der Waals surface area contributed by atoms with E-state index >= 15 is 0 Å². The van der Waals surface area contributed by atoms with E-state index in [-0.39, 0.29) is 5.91 Å². The molecule has 0 saturated heterocycles. The second kappa shape index (κ2) is 5.31. The van der Waals surface area contributed by atoms with Crippen LogP contribution < -0.4 is 5.32 Å². The first-order valence-corrected chi connectivity index (χ1v) is 6.52. The van der Waals surface area contributed by atoms with Gasteiger partial charge in [-0.25, -0.2) is 0 Å². The van der Waals surface area contributed by atoms with Gasteiger partial charge in [0.05, 0.1) is 5.52 Å². The molecule has 98 valence electrons. The van der Waals surface area contributed by atoms with Crippen LogP contribution in [0.25, 0.3) is 10.9 Å². The van der Waals surface area contributed by atoms with Gasteiger partial charge in [0.25, 0.3) is 5.91 Å². The third-order valence-corrected chi connectivity index (χ3v) is 3.21. The SMILES string of the molecule is O=C(Nc1cccc(Cl)c1)c1cccc2ncccc12. The van der Waals surface area contributed by atoms with Gasteiger partial charge in [0.1, 0.15) is 0 Å². The Morgan fingerprint density at radius 2 is 1.90 bits per heavy atom. The number of anilines is 1. The lowest BCUT2D eigenvalue weighted by molar-refractivity contribution is 0.102. The van der Waals surface area contributed by atoms with Crippen LogP contribution >= 0.6 is 11.6 Å². The minimum Gasteiger partial charge on any atom is -0.322 e. The Hall–Kier alpha value is -2.39. The van der Waals surface area contributed by atoms with Crippen LogP contribution in [-0.2, 0) is 0 Å². The normalized spacial score (nSPS) is 10.4. The number of carbonyl (C=O) groups is 1. The van der Waals surface area contributed by atoms with Gasteiger partial charge in [-0.2, -0.15) is 0 Å².